The molecule has 2 unspecified atom stereocenters. The summed E-state index contributed by atoms with van der Waals surface area (Å²) in [5.41, 5.74) is -0.855. The lowest BCUT2D eigenvalue weighted by Crippen LogP contribution is -2.18. The predicted octanol–water partition coefficient (Wildman–Crippen LogP) is 1.94. The molecule has 0 aromatic heterocycles. The summed E-state index contributed by atoms with van der Waals surface area (Å²) in [5.74, 6) is -0.291. The van der Waals surface area contributed by atoms with Crippen molar-refractivity contribution in [3.8, 4) is 0 Å². The molecule has 110 valence electrons. The minimum absolute atomic E-state index is 0.291. The molecule has 0 fully saturated rings. The van der Waals surface area contributed by atoms with Crippen LogP contribution < -0.4 is 0 Å². The van der Waals surface area contributed by atoms with Gasteiger partial charge in [0.2, 0.25) is 0 Å². The second-order valence-electron chi connectivity index (χ2n) is 4.07. The smallest absolute Gasteiger partial charge is 0.302 e. The Morgan fingerprint density at radius 1 is 1.00 bits per heavy atom. The maximum Gasteiger partial charge on any atom is 0.473 e. The van der Waals surface area contributed by atoms with Crippen molar-refractivity contribution in [1.29, 1.82) is 0 Å². The Morgan fingerprint density at radius 2 is 1.44 bits per heavy atom. The first-order valence-electron chi connectivity index (χ1n) is 4.88. The molecular weight excluding hydrogens is 306 g/mol. The third-order valence-corrected chi connectivity index (χ3v) is 3.79. The van der Waals surface area contributed by atoms with Gasteiger partial charge in [-0.05, 0) is 20.8 Å². The highest BCUT2D eigenvalue weighted by atomic mass is 32.1. The molecule has 0 aliphatic carbocycles. The molecule has 0 aromatic carbocycles. The van der Waals surface area contributed by atoms with Crippen LogP contribution >= 0.6 is 28.3 Å². The van der Waals surface area contributed by atoms with E-state index in [2.05, 4.69) is 26.2 Å². The molecule has 0 aliphatic rings. The van der Waals surface area contributed by atoms with E-state index in [4.69, 9.17) is 9.42 Å². The third-order valence-electron chi connectivity index (χ3n) is 1.20. The maximum atomic E-state index is 11.4. The van der Waals surface area contributed by atoms with Gasteiger partial charge in [0, 0.05) is 0 Å². The van der Waals surface area contributed by atoms with Crippen LogP contribution in [0.3, 0.4) is 0 Å². The average molecular weight is 324 g/mol. The third kappa shape index (κ3) is 10.5. The van der Waals surface area contributed by atoms with Crippen molar-refractivity contribution < 1.29 is 37.0 Å². The Kier molecular flexibility index (Phi) is 7.61. The first-order valence-corrected chi connectivity index (χ1v) is 8.51. The zero-order valence-electron chi connectivity index (χ0n) is 10.3. The molecular formula is C7H18O8P2S. The molecule has 18 heavy (non-hydrogen) atoms. The number of thiol groups is 1. The fourth-order valence-electron chi connectivity index (χ4n) is 0.788. The monoisotopic (exact) mass is 324 g/mol. The van der Waals surface area contributed by atoms with E-state index in [-0.39, 0.29) is 5.94 Å². The Balaban J connectivity index is 3.98. The molecule has 0 saturated heterocycles. The topological polar surface area (TPSA) is 112 Å². The zero-order chi connectivity index (χ0) is 14.4. The van der Waals surface area contributed by atoms with Crippen LogP contribution in [0.15, 0.2) is 0 Å². The minimum Gasteiger partial charge on any atom is -0.302 e. The van der Waals surface area contributed by atoms with E-state index >= 15 is 0 Å². The Hall–Kier alpha value is 0.570. The summed E-state index contributed by atoms with van der Waals surface area (Å²) in [6, 6.07) is 0. The van der Waals surface area contributed by atoms with Gasteiger partial charge in [-0.2, -0.15) is 12.6 Å². The van der Waals surface area contributed by atoms with Crippen molar-refractivity contribution in [2.45, 2.75) is 26.4 Å². The number of hydrogen-bond acceptors (Lipinski definition) is 7. The zero-order valence-corrected chi connectivity index (χ0v) is 13.0. The van der Waals surface area contributed by atoms with E-state index in [0.717, 1.165) is 0 Å². The summed E-state index contributed by atoms with van der Waals surface area (Å²) < 4.78 is 40.4. The van der Waals surface area contributed by atoms with E-state index in [1.807, 2.05) is 0 Å². The van der Waals surface area contributed by atoms with Crippen molar-refractivity contribution in [1.82, 2.24) is 0 Å². The quantitative estimate of drug-likeness (QED) is 0.269. The molecule has 0 heterocycles. The molecule has 0 rings (SSSR count). The van der Waals surface area contributed by atoms with E-state index in [1.165, 1.54) is 0 Å². The summed E-state index contributed by atoms with van der Waals surface area (Å²) >= 11 is 3.58. The number of phosphoric ester groups is 2. The Morgan fingerprint density at radius 3 is 1.83 bits per heavy atom. The van der Waals surface area contributed by atoms with Crippen LogP contribution in [0.1, 0.15) is 20.8 Å². The standard InChI is InChI=1S/C7H18O8P2S/c1-7(2,3)15-17(10,11)13-5-4-12-16(8,9)14-6-18/h18H,4-6H2,1-3H3,(H,8,9)(H,10,11). The molecule has 2 N–H and O–H groups in total. The maximum absolute atomic E-state index is 11.4. The van der Waals surface area contributed by atoms with E-state index in [0.29, 0.717) is 0 Å². The number of hydrogen-bond donors (Lipinski definition) is 3. The van der Waals surface area contributed by atoms with Gasteiger partial charge in [-0.1, -0.05) is 0 Å². The van der Waals surface area contributed by atoms with Gasteiger partial charge in [0.1, 0.15) is 5.94 Å². The predicted molar refractivity (Wildman–Crippen MR) is 67.3 cm³/mol. The van der Waals surface area contributed by atoms with Crippen molar-refractivity contribution >= 4 is 28.3 Å². The van der Waals surface area contributed by atoms with Crippen LogP contribution in [-0.2, 0) is 27.2 Å². The van der Waals surface area contributed by atoms with Gasteiger partial charge in [0.05, 0.1) is 18.8 Å². The van der Waals surface area contributed by atoms with Crippen molar-refractivity contribution in [2.75, 3.05) is 19.2 Å². The van der Waals surface area contributed by atoms with Crippen LogP contribution in [0.4, 0.5) is 0 Å². The molecule has 0 aromatic rings. The Labute approximate surface area is 111 Å². The first-order chi connectivity index (χ1) is 7.97. The van der Waals surface area contributed by atoms with Crippen LogP contribution in [0.25, 0.3) is 0 Å². The van der Waals surface area contributed by atoms with E-state index in [1.54, 1.807) is 20.8 Å². The van der Waals surface area contributed by atoms with Gasteiger partial charge in [-0.25, -0.2) is 9.13 Å². The SMILES string of the molecule is CC(C)(C)OP(=O)(O)OCCOP(=O)(O)OCS. The van der Waals surface area contributed by atoms with Crippen LogP contribution in [0, 0.1) is 0 Å². The summed E-state index contributed by atoms with van der Waals surface area (Å²) in [5, 5.41) is 0. The molecule has 11 heteroatoms. The fraction of sp³-hybridized carbons (Fsp3) is 1.00. The molecule has 0 saturated carbocycles. The van der Waals surface area contributed by atoms with Crippen LogP contribution in [0.5, 0.6) is 0 Å². The summed E-state index contributed by atoms with van der Waals surface area (Å²) in [6.07, 6.45) is 0. The van der Waals surface area contributed by atoms with Crippen molar-refractivity contribution in [3.05, 3.63) is 0 Å². The number of phosphoric acid groups is 2. The van der Waals surface area contributed by atoms with Crippen molar-refractivity contribution in [2.24, 2.45) is 0 Å². The van der Waals surface area contributed by atoms with E-state index < -0.39 is 34.5 Å². The first kappa shape index (κ1) is 18.6. The van der Waals surface area contributed by atoms with Gasteiger partial charge < -0.3 is 9.79 Å². The van der Waals surface area contributed by atoms with Crippen LogP contribution in [0.2, 0.25) is 0 Å². The lowest BCUT2D eigenvalue weighted by atomic mass is 10.2. The number of rotatable bonds is 8. The largest absolute Gasteiger partial charge is 0.473 e. The summed E-state index contributed by atoms with van der Waals surface area (Å²) in [6.45, 7) is 3.94. The Bertz CT molecular complexity index is 341. The van der Waals surface area contributed by atoms with Crippen molar-refractivity contribution in [3.63, 3.8) is 0 Å². The molecule has 2 atom stereocenters. The van der Waals surface area contributed by atoms with Gasteiger partial charge in [-0.3, -0.25) is 18.1 Å². The molecule has 0 amide bonds. The van der Waals surface area contributed by atoms with Crippen LogP contribution in [-0.4, -0.2) is 34.5 Å². The molecule has 0 aliphatic heterocycles. The normalized spacial score (nSPS) is 19.2. The van der Waals surface area contributed by atoms with Gasteiger partial charge in [-0.15, -0.1) is 0 Å². The lowest BCUT2D eigenvalue weighted by molar-refractivity contribution is 0.0521. The van der Waals surface area contributed by atoms with E-state index in [9.17, 15) is 14.0 Å². The fourth-order valence-corrected chi connectivity index (χ4v) is 2.80. The molecule has 0 spiro atoms. The summed E-state index contributed by atoms with van der Waals surface area (Å²) in [4.78, 5) is 18.2. The highest BCUT2D eigenvalue weighted by molar-refractivity contribution is 7.80. The second-order valence-corrected chi connectivity index (χ2v) is 7.16. The average Bonchev–Trinajstić information content (AvgIpc) is 2.08. The highest BCUT2D eigenvalue weighted by Gasteiger charge is 2.29. The van der Waals surface area contributed by atoms with Gasteiger partial charge in [0.15, 0.2) is 0 Å². The van der Waals surface area contributed by atoms with Gasteiger partial charge >= 0.3 is 15.6 Å². The molecule has 8 nitrogen and oxygen atoms in total. The second kappa shape index (κ2) is 7.38. The molecule has 0 radical (unpaired) electrons. The minimum atomic E-state index is -4.22. The lowest BCUT2D eigenvalue weighted by Gasteiger charge is -2.22. The highest BCUT2D eigenvalue weighted by Crippen LogP contribution is 2.47. The molecule has 0 bridgehead atoms. The van der Waals surface area contributed by atoms with Gasteiger partial charge in [0.25, 0.3) is 0 Å². The summed E-state index contributed by atoms with van der Waals surface area (Å²) in [7, 11) is -8.40.